The fourth-order valence-corrected chi connectivity index (χ4v) is 8.24. The van der Waals surface area contributed by atoms with Crippen LogP contribution in [0.5, 0.6) is 0 Å². The zero-order valence-corrected chi connectivity index (χ0v) is 23.8. The Morgan fingerprint density at radius 1 is 1.27 bits per heavy atom. The highest BCUT2D eigenvalue weighted by Crippen LogP contribution is 2.63. The number of aliphatic hydroxyl groups is 2. The highest BCUT2D eigenvalue weighted by atomic mass is 35.5. The number of hydrogen-bond acceptors (Lipinski definition) is 6. The van der Waals surface area contributed by atoms with Crippen LogP contribution in [0.4, 0.5) is 23.2 Å². The van der Waals surface area contributed by atoms with Crippen LogP contribution in [0.3, 0.4) is 0 Å². The fraction of sp³-hybridized carbons (Fsp3) is 0.600. The molecule has 8 unspecified atom stereocenters. The predicted molar refractivity (Wildman–Crippen MR) is 144 cm³/mol. The van der Waals surface area contributed by atoms with Crippen LogP contribution in [0.25, 0.3) is 0 Å². The molecule has 2 N–H and O–H groups in total. The molecule has 4 aliphatic rings. The van der Waals surface area contributed by atoms with E-state index in [1.165, 1.54) is 23.3 Å². The monoisotopic (exact) mass is 599 g/mol. The maximum Gasteiger partial charge on any atom is 0.417 e. The van der Waals surface area contributed by atoms with Crippen molar-refractivity contribution in [3.8, 4) is 0 Å². The van der Waals surface area contributed by atoms with E-state index in [0.29, 0.717) is 18.4 Å². The number of ketones is 2. The lowest BCUT2D eigenvalue weighted by molar-refractivity contribution is -0.169. The van der Waals surface area contributed by atoms with Crippen LogP contribution < -0.4 is 5.06 Å². The summed E-state index contributed by atoms with van der Waals surface area (Å²) in [6.07, 6.45) is -1.69. The van der Waals surface area contributed by atoms with Crippen molar-refractivity contribution in [1.82, 2.24) is 0 Å². The molecule has 2 saturated carbocycles. The van der Waals surface area contributed by atoms with E-state index < -0.39 is 69.7 Å². The van der Waals surface area contributed by atoms with Gasteiger partial charge >= 0.3 is 6.18 Å². The molecule has 3 aliphatic carbocycles. The van der Waals surface area contributed by atoms with E-state index >= 15 is 0 Å². The third kappa shape index (κ3) is 4.56. The molecule has 1 aliphatic heterocycles. The maximum atomic E-state index is 14.9. The second-order valence-electron chi connectivity index (χ2n) is 12.4. The van der Waals surface area contributed by atoms with Gasteiger partial charge in [0.1, 0.15) is 12.8 Å². The number of carbonyl (C=O) groups excluding carboxylic acids is 2. The van der Waals surface area contributed by atoms with Gasteiger partial charge in [-0.2, -0.15) is 13.2 Å². The molecule has 11 heteroatoms. The van der Waals surface area contributed by atoms with Crippen LogP contribution in [0.1, 0.15) is 52.0 Å². The lowest BCUT2D eigenvalue weighted by Gasteiger charge is -2.50. The molecule has 0 bridgehead atoms. The maximum absolute atomic E-state index is 14.9. The predicted octanol–water partition coefficient (Wildman–Crippen LogP) is 5.64. The Morgan fingerprint density at radius 3 is 2.63 bits per heavy atom. The van der Waals surface area contributed by atoms with Crippen LogP contribution in [0.15, 0.2) is 42.0 Å². The Balaban J connectivity index is 1.49. The minimum absolute atomic E-state index is 0.0605. The number of rotatable bonds is 6. The average Bonchev–Trinajstić information content (AvgIpc) is 3.37. The number of Topliss-reactive ketones (excluding diaryl/α,β-unsaturated/α-hetero) is 1. The van der Waals surface area contributed by atoms with Crippen molar-refractivity contribution in [1.29, 1.82) is 0 Å². The first-order valence-electron chi connectivity index (χ1n) is 13.8. The van der Waals surface area contributed by atoms with Gasteiger partial charge < -0.3 is 10.2 Å². The Kier molecular flexibility index (Phi) is 7.49. The first kappa shape index (κ1) is 30.2. The van der Waals surface area contributed by atoms with Gasteiger partial charge in [-0.15, -0.1) is 0 Å². The molecule has 0 aromatic heterocycles. The molecule has 41 heavy (non-hydrogen) atoms. The summed E-state index contributed by atoms with van der Waals surface area (Å²) in [4.78, 5) is 31.9. The summed E-state index contributed by atoms with van der Waals surface area (Å²) in [5, 5.41) is 22.6. The molecule has 0 amide bonds. The van der Waals surface area contributed by atoms with E-state index in [4.69, 9.17) is 16.4 Å². The Morgan fingerprint density at radius 2 is 1.98 bits per heavy atom. The quantitative estimate of drug-likeness (QED) is 0.412. The highest BCUT2D eigenvalue weighted by Gasteiger charge is 2.70. The summed E-state index contributed by atoms with van der Waals surface area (Å²) in [5.74, 6) is -2.02. The lowest BCUT2D eigenvalue weighted by atomic mass is 9.57. The van der Waals surface area contributed by atoms with Gasteiger partial charge in [0.25, 0.3) is 0 Å². The van der Waals surface area contributed by atoms with Gasteiger partial charge in [-0.1, -0.05) is 38.4 Å². The summed E-state index contributed by atoms with van der Waals surface area (Å²) in [5.41, 5.74) is -4.20. The fourth-order valence-electron chi connectivity index (χ4n) is 8.01. The summed E-state index contributed by atoms with van der Waals surface area (Å²) in [6.45, 7) is 4.79. The molecular weight excluding hydrogens is 566 g/mol. The number of aliphatic hydroxyl groups excluding tert-OH is 2. The third-order valence-corrected chi connectivity index (χ3v) is 10.7. The van der Waals surface area contributed by atoms with Crippen LogP contribution >= 0.6 is 11.6 Å². The number of anilines is 1. The van der Waals surface area contributed by atoms with E-state index in [-0.39, 0.29) is 36.8 Å². The van der Waals surface area contributed by atoms with Gasteiger partial charge in [0.05, 0.1) is 28.9 Å². The van der Waals surface area contributed by atoms with Crippen LogP contribution in [-0.4, -0.2) is 52.8 Å². The van der Waals surface area contributed by atoms with Gasteiger partial charge in [0.15, 0.2) is 17.2 Å². The van der Waals surface area contributed by atoms with Crippen molar-refractivity contribution < 1.29 is 42.2 Å². The van der Waals surface area contributed by atoms with Crippen molar-refractivity contribution in [3.05, 3.63) is 52.6 Å². The van der Waals surface area contributed by atoms with Crippen LogP contribution in [0.2, 0.25) is 5.02 Å². The van der Waals surface area contributed by atoms with Crippen molar-refractivity contribution >= 4 is 28.9 Å². The Labute approximate surface area is 240 Å². The highest BCUT2D eigenvalue weighted by molar-refractivity contribution is 6.31. The molecule has 1 aromatic rings. The van der Waals surface area contributed by atoms with Gasteiger partial charge in [0.2, 0.25) is 0 Å². The Hall–Kier alpha value is -2.27. The number of allylic oxidation sites excluding steroid dienone is 4. The summed E-state index contributed by atoms with van der Waals surface area (Å²) < 4.78 is 55.7. The molecule has 6 nitrogen and oxygen atoms in total. The molecule has 8 atom stereocenters. The second kappa shape index (κ2) is 10.2. The molecular formula is C30H34ClF4NO5. The van der Waals surface area contributed by atoms with E-state index in [2.05, 4.69) is 0 Å². The molecule has 1 aromatic carbocycles. The Bertz CT molecular complexity index is 1320. The standard InChI is InChI=1S/C30H34ClF4NO5/c1-16-10-17-14-36(18-4-6-23(31)21(11-18)30(33,34)35)41-29(17,26(40)15-37)28(16,3)13-25(39)20-5-7-24(32)22-12-19(38)8-9-27(20,22)2/h4,6,8-9,11-12,16-17,20,24-25,37,39H,5,7,10,13-15H2,1-3H3. The van der Waals surface area contributed by atoms with Gasteiger partial charge in [-0.05, 0) is 73.4 Å². The number of carbonyl (C=O) groups is 2. The molecule has 1 heterocycles. The largest absolute Gasteiger partial charge is 0.417 e. The normalized spacial score (nSPS) is 37.6. The summed E-state index contributed by atoms with van der Waals surface area (Å²) in [7, 11) is 0. The first-order chi connectivity index (χ1) is 19.1. The molecule has 224 valence electrons. The number of halogens is 5. The third-order valence-electron chi connectivity index (χ3n) is 10.3. The minimum atomic E-state index is -4.70. The number of hydroxylamine groups is 1. The van der Waals surface area contributed by atoms with E-state index in [1.807, 2.05) is 6.92 Å². The van der Waals surface area contributed by atoms with Crippen molar-refractivity contribution in [2.75, 3.05) is 18.2 Å². The zero-order chi connectivity index (χ0) is 30.1. The van der Waals surface area contributed by atoms with Crippen molar-refractivity contribution in [2.24, 2.45) is 28.6 Å². The van der Waals surface area contributed by atoms with Crippen LogP contribution in [-0.2, 0) is 20.6 Å². The SMILES string of the molecule is CC1CC2CN(c3ccc(Cl)c(C(F)(F)F)c3)OC2(C(=O)CO)C1(C)CC(O)C1CCC(F)C2=CC(=O)C=CC21C. The van der Waals surface area contributed by atoms with Crippen LogP contribution in [0, 0.1) is 28.6 Å². The summed E-state index contributed by atoms with van der Waals surface area (Å²) in [6, 6.07) is 3.38. The van der Waals surface area contributed by atoms with E-state index in [1.54, 1.807) is 19.9 Å². The number of fused-ring (bicyclic) bond motifs is 2. The minimum Gasteiger partial charge on any atom is -0.393 e. The number of benzene rings is 1. The average molecular weight is 600 g/mol. The molecule has 1 saturated heterocycles. The molecule has 3 fully saturated rings. The number of nitrogens with zero attached hydrogens (tertiary/aromatic N) is 1. The lowest BCUT2D eigenvalue weighted by Crippen LogP contribution is -2.58. The van der Waals surface area contributed by atoms with Crippen molar-refractivity contribution in [2.45, 2.75) is 70.5 Å². The second-order valence-corrected chi connectivity index (χ2v) is 12.8. The summed E-state index contributed by atoms with van der Waals surface area (Å²) >= 11 is 5.81. The molecule has 0 spiro atoms. The van der Waals surface area contributed by atoms with Gasteiger partial charge in [0, 0.05) is 16.7 Å². The smallest absolute Gasteiger partial charge is 0.393 e. The van der Waals surface area contributed by atoms with E-state index in [9.17, 15) is 37.4 Å². The van der Waals surface area contributed by atoms with Gasteiger partial charge in [-0.25, -0.2) is 4.39 Å². The number of hydrogen-bond donors (Lipinski definition) is 2. The topological polar surface area (TPSA) is 87.1 Å². The zero-order valence-electron chi connectivity index (χ0n) is 23.0. The first-order valence-corrected chi connectivity index (χ1v) is 14.2. The molecule has 0 radical (unpaired) electrons. The van der Waals surface area contributed by atoms with E-state index in [0.717, 1.165) is 12.1 Å². The number of alkyl halides is 4. The van der Waals surface area contributed by atoms with Crippen molar-refractivity contribution in [3.63, 3.8) is 0 Å². The van der Waals surface area contributed by atoms with Gasteiger partial charge in [-0.3, -0.25) is 19.5 Å². The molecule has 5 rings (SSSR count).